The van der Waals surface area contributed by atoms with Crippen molar-refractivity contribution >= 4 is 7.05 Å². The topological polar surface area (TPSA) is 52.5 Å². The third kappa shape index (κ3) is 1.97. The number of hydrogen-bond acceptors (Lipinski definition) is 3. The third-order valence-corrected chi connectivity index (χ3v) is 1.59. The van der Waals surface area contributed by atoms with E-state index in [1.54, 1.807) is 6.82 Å². The minimum absolute atomic E-state index is 0.138. The predicted octanol–water partition coefficient (Wildman–Crippen LogP) is -0.790. The first kappa shape index (κ1) is 7.06. The van der Waals surface area contributed by atoms with Crippen molar-refractivity contribution in [1.82, 2.24) is 5.23 Å². The maximum Gasteiger partial charge on any atom is 0.373 e. The van der Waals surface area contributed by atoms with Crippen LogP contribution in [0.15, 0.2) is 0 Å². The van der Waals surface area contributed by atoms with Crippen LogP contribution >= 0.6 is 0 Å². The van der Waals surface area contributed by atoms with Crippen LogP contribution < -0.4 is 5.23 Å². The van der Waals surface area contributed by atoms with Crippen LogP contribution in [0.3, 0.4) is 0 Å². The molecule has 0 amide bonds. The highest BCUT2D eigenvalue weighted by Gasteiger charge is 2.27. The molecule has 0 atom stereocenters. The van der Waals surface area contributed by atoms with E-state index in [2.05, 4.69) is 5.23 Å². The molecule has 1 aliphatic carbocycles. The Morgan fingerprint density at radius 2 is 2.11 bits per heavy atom. The Kier molecular flexibility index (Phi) is 2.11. The predicted molar refractivity (Wildman–Crippen MR) is 36.0 cm³/mol. The van der Waals surface area contributed by atoms with Crippen molar-refractivity contribution in [3.05, 3.63) is 0 Å². The van der Waals surface area contributed by atoms with Gasteiger partial charge in [0.15, 0.2) is 0 Å². The van der Waals surface area contributed by atoms with Gasteiger partial charge in [-0.1, -0.05) is 0 Å². The van der Waals surface area contributed by atoms with Crippen LogP contribution in [0.1, 0.15) is 12.8 Å². The maximum absolute atomic E-state index is 8.81. The van der Waals surface area contributed by atoms with E-state index in [1.807, 2.05) is 0 Å². The Bertz CT molecular complexity index is 93.0. The fourth-order valence-corrected chi connectivity index (χ4v) is 1.07. The van der Waals surface area contributed by atoms with Crippen molar-refractivity contribution in [3.63, 3.8) is 0 Å². The van der Waals surface area contributed by atoms with Gasteiger partial charge >= 0.3 is 7.05 Å². The van der Waals surface area contributed by atoms with E-state index < -0.39 is 7.05 Å². The normalized spacial score (nSPS) is 33.7. The molecule has 0 spiro atoms. The maximum atomic E-state index is 8.81. The molecular weight excluding hydrogens is 117 g/mol. The van der Waals surface area contributed by atoms with E-state index in [1.165, 1.54) is 0 Å². The van der Waals surface area contributed by atoms with E-state index in [-0.39, 0.29) is 6.10 Å². The van der Waals surface area contributed by atoms with Gasteiger partial charge in [-0.2, -0.15) is 0 Å². The zero-order valence-electron chi connectivity index (χ0n) is 5.54. The van der Waals surface area contributed by atoms with Crippen LogP contribution in [0.25, 0.3) is 0 Å². The van der Waals surface area contributed by atoms with Gasteiger partial charge in [0.1, 0.15) is 0 Å². The Morgan fingerprint density at radius 1 is 1.56 bits per heavy atom. The molecule has 0 aromatic heterocycles. The van der Waals surface area contributed by atoms with Gasteiger partial charge in [0.25, 0.3) is 0 Å². The van der Waals surface area contributed by atoms with E-state index in [4.69, 9.17) is 10.1 Å². The number of nitrogens with one attached hydrogen (secondary N) is 1. The van der Waals surface area contributed by atoms with E-state index in [0.29, 0.717) is 6.04 Å². The Balaban J connectivity index is 2.04. The lowest BCUT2D eigenvalue weighted by Gasteiger charge is -2.32. The second-order valence-corrected chi connectivity index (χ2v) is 2.66. The van der Waals surface area contributed by atoms with Gasteiger partial charge in [-0.15, -0.1) is 0 Å². The summed E-state index contributed by atoms with van der Waals surface area (Å²) >= 11 is 0. The van der Waals surface area contributed by atoms with E-state index >= 15 is 0 Å². The molecule has 3 N–H and O–H groups in total. The number of aliphatic hydroxyl groups excluding tert-OH is 1. The van der Waals surface area contributed by atoms with Gasteiger partial charge in [-0.05, 0) is 19.7 Å². The second kappa shape index (κ2) is 2.69. The molecule has 1 saturated carbocycles. The van der Waals surface area contributed by atoms with Gasteiger partial charge in [0.05, 0.1) is 6.10 Å². The minimum atomic E-state index is -0.442. The zero-order valence-corrected chi connectivity index (χ0v) is 5.54. The zero-order chi connectivity index (χ0) is 6.85. The van der Waals surface area contributed by atoms with Crippen LogP contribution in [0.2, 0.25) is 6.82 Å². The molecule has 1 aliphatic rings. The average Bonchev–Trinajstić information content (AvgIpc) is 1.60. The highest BCUT2D eigenvalue weighted by molar-refractivity contribution is 6.45. The lowest BCUT2D eigenvalue weighted by atomic mass is 9.80. The fraction of sp³-hybridized carbons (Fsp3) is 1.00. The number of rotatable bonds is 2. The van der Waals surface area contributed by atoms with Crippen molar-refractivity contribution in [2.45, 2.75) is 31.8 Å². The largest absolute Gasteiger partial charge is 0.437 e. The summed E-state index contributed by atoms with van der Waals surface area (Å²) in [5, 5.41) is 20.5. The molecule has 3 nitrogen and oxygen atoms in total. The van der Waals surface area contributed by atoms with Crippen LogP contribution in [-0.2, 0) is 0 Å². The Morgan fingerprint density at radius 3 is 2.44 bits per heavy atom. The first-order chi connectivity index (χ1) is 4.18. The molecule has 0 radical (unpaired) electrons. The molecular formula is C5H12BNO2. The minimum Gasteiger partial charge on any atom is -0.437 e. The monoisotopic (exact) mass is 129 g/mol. The standard InChI is InChI=1S/C5H12BNO2/c1-6(9)7-4-2-5(8)3-4/h4-5,7-9H,2-3H2,1H3. The summed E-state index contributed by atoms with van der Waals surface area (Å²) in [5.41, 5.74) is 0. The van der Waals surface area contributed by atoms with Gasteiger partial charge in [0.2, 0.25) is 0 Å². The van der Waals surface area contributed by atoms with Gasteiger partial charge in [-0.3, -0.25) is 0 Å². The second-order valence-electron chi connectivity index (χ2n) is 2.66. The summed E-state index contributed by atoms with van der Waals surface area (Å²) in [6, 6.07) is 0.333. The van der Waals surface area contributed by atoms with Gasteiger partial charge < -0.3 is 15.4 Å². The van der Waals surface area contributed by atoms with Crippen LogP contribution in [0.4, 0.5) is 0 Å². The molecule has 4 heteroatoms. The van der Waals surface area contributed by atoms with Crippen molar-refractivity contribution in [1.29, 1.82) is 0 Å². The molecule has 0 aromatic rings. The molecule has 1 fully saturated rings. The molecule has 0 aromatic carbocycles. The summed E-state index contributed by atoms with van der Waals surface area (Å²) in [7, 11) is -0.442. The van der Waals surface area contributed by atoms with E-state index in [0.717, 1.165) is 12.8 Å². The smallest absolute Gasteiger partial charge is 0.373 e. The first-order valence-electron chi connectivity index (χ1n) is 3.30. The van der Waals surface area contributed by atoms with Crippen LogP contribution in [0, 0.1) is 0 Å². The third-order valence-electron chi connectivity index (χ3n) is 1.59. The molecule has 0 heterocycles. The molecule has 1 rings (SSSR count). The average molecular weight is 129 g/mol. The lowest BCUT2D eigenvalue weighted by Crippen LogP contribution is -2.49. The number of hydrogen-bond donors (Lipinski definition) is 3. The van der Waals surface area contributed by atoms with Crippen molar-refractivity contribution in [3.8, 4) is 0 Å². The Labute approximate surface area is 55.2 Å². The SMILES string of the molecule is CB(O)NC1CC(O)C1. The summed E-state index contributed by atoms with van der Waals surface area (Å²) in [6.07, 6.45) is 1.43. The van der Waals surface area contributed by atoms with Crippen molar-refractivity contribution in [2.75, 3.05) is 0 Å². The van der Waals surface area contributed by atoms with Crippen molar-refractivity contribution < 1.29 is 10.1 Å². The Hall–Kier alpha value is -0.0551. The molecule has 52 valence electrons. The molecule has 9 heavy (non-hydrogen) atoms. The quantitative estimate of drug-likeness (QED) is 0.428. The van der Waals surface area contributed by atoms with Gasteiger partial charge in [-0.25, -0.2) is 0 Å². The van der Waals surface area contributed by atoms with E-state index in [9.17, 15) is 0 Å². The molecule has 0 aliphatic heterocycles. The summed E-state index contributed by atoms with van der Waals surface area (Å²) in [5.74, 6) is 0. The van der Waals surface area contributed by atoms with Crippen LogP contribution in [0.5, 0.6) is 0 Å². The summed E-state index contributed by atoms with van der Waals surface area (Å²) < 4.78 is 0. The summed E-state index contributed by atoms with van der Waals surface area (Å²) in [6.45, 7) is 1.69. The van der Waals surface area contributed by atoms with Crippen LogP contribution in [-0.4, -0.2) is 29.3 Å². The highest BCUT2D eigenvalue weighted by atomic mass is 16.3. The van der Waals surface area contributed by atoms with Gasteiger partial charge in [0, 0.05) is 6.04 Å². The first-order valence-corrected chi connectivity index (χ1v) is 3.30. The number of aliphatic hydroxyl groups is 1. The van der Waals surface area contributed by atoms with Crippen molar-refractivity contribution in [2.24, 2.45) is 0 Å². The molecule has 0 unspecified atom stereocenters. The highest BCUT2D eigenvalue weighted by Crippen LogP contribution is 2.18. The molecule has 0 saturated heterocycles. The lowest BCUT2D eigenvalue weighted by molar-refractivity contribution is 0.0694. The fourth-order valence-electron chi connectivity index (χ4n) is 1.07. The molecule has 0 bridgehead atoms. The summed E-state index contributed by atoms with van der Waals surface area (Å²) in [4.78, 5) is 0.